The number of nitrogens with zero attached hydrogens (tertiary/aromatic N) is 2. The smallest absolute Gasteiger partial charge is 0.226 e. The van der Waals surface area contributed by atoms with E-state index in [9.17, 15) is 0 Å². The minimum absolute atomic E-state index is 0.442. The maximum Gasteiger partial charge on any atom is 0.226 e. The second-order valence-corrected chi connectivity index (χ2v) is 5.84. The monoisotopic (exact) mass is 354 g/mol. The van der Waals surface area contributed by atoms with Gasteiger partial charge in [-0.1, -0.05) is 34.5 Å². The Hall–Kier alpha value is -1.13. The van der Waals surface area contributed by atoms with Crippen LogP contribution >= 0.6 is 27.5 Å². The number of aromatic nitrogens is 2. The molecule has 0 saturated heterocycles. The standard InChI is InChI=1S/C15H16BrClN2O/c1-5-12-18-14(17)10(4)15(19-12)20-11-6-8(2)13(16)9(3)7-11/h6-7H,5H2,1-4H3. The zero-order valence-electron chi connectivity index (χ0n) is 11.9. The molecular weight excluding hydrogens is 340 g/mol. The lowest BCUT2D eigenvalue weighted by atomic mass is 10.1. The Labute approximate surface area is 132 Å². The van der Waals surface area contributed by atoms with Gasteiger partial charge in [0.15, 0.2) is 0 Å². The highest BCUT2D eigenvalue weighted by atomic mass is 79.9. The number of benzene rings is 1. The van der Waals surface area contributed by atoms with Crippen LogP contribution < -0.4 is 4.74 Å². The molecule has 0 unspecified atom stereocenters. The second kappa shape index (κ2) is 6.10. The second-order valence-electron chi connectivity index (χ2n) is 4.69. The molecule has 5 heteroatoms. The van der Waals surface area contributed by atoms with Crippen molar-refractivity contribution in [3.8, 4) is 11.6 Å². The van der Waals surface area contributed by atoms with Crippen molar-refractivity contribution in [2.24, 2.45) is 0 Å². The normalized spacial score (nSPS) is 10.7. The summed E-state index contributed by atoms with van der Waals surface area (Å²) in [5.41, 5.74) is 2.99. The highest BCUT2D eigenvalue weighted by molar-refractivity contribution is 9.10. The van der Waals surface area contributed by atoms with Gasteiger partial charge in [0.05, 0.1) is 0 Å². The lowest BCUT2D eigenvalue weighted by molar-refractivity contribution is 0.453. The summed E-state index contributed by atoms with van der Waals surface area (Å²) in [6.07, 6.45) is 0.717. The quantitative estimate of drug-likeness (QED) is 0.712. The lowest BCUT2D eigenvalue weighted by Gasteiger charge is -2.12. The molecule has 0 aliphatic heterocycles. The third-order valence-electron chi connectivity index (χ3n) is 3.03. The molecule has 20 heavy (non-hydrogen) atoms. The molecule has 0 aliphatic rings. The van der Waals surface area contributed by atoms with Crippen LogP contribution in [-0.4, -0.2) is 9.97 Å². The molecular formula is C15H16BrClN2O. The summed E-state index contributed by atoms with van der Waals surface area (Å²) < 4.78 is 6.99. The summed E-state index contributed by atoms with van der Waals surface area (Å²) in [5.74, 6) is 1.95. The fourth-order valence-corrected chi connectivity index (χ4v) is 2.25. The summed E-state index contributed by atoms with van der Waals surface area (Å²) in [7, 11) is 0. The zero-order chi connectivity index (χ0) is 14.9. The predicted octanol–water partition coefficient (Wildman–Crippen LogP) is 5.17. The number of hydrogen-bond acceptors (Lipinski definition) is 3. The van der Waals surface area contributed by atoms with E-state index in [0.717, 1.165) is 33.3 Å². The molecule has 0 atom stereocenters. The number of hydrogen-bond donors (Lipinski definition) is 0. The van der Waals surface area contributed by atoms with Gasteiger partial charge in [0, 0.05) is 16.5 Å². The van der Waals surface area contributed by atoms with E-state index in [4.69, 9.17) is 16.3 Å². The van der Waals surface area contributed by atoms with Crippen LogP contribution in [0.5, 0.6) is 11.6 Å². The van der Waals surface area contributed by atoms with Crippen molar-refractivity contribution in [3.63, 3.8) is 0 Å². The van der Waals surface area contributed by atoms with E-state index in [-0.39, 0.29) is 0 Å². The summed E-state index contributed by atoms with van der Waals surface area (Å²) in [4.78, 5) is 8.61. The first-order valence-electron chi connectivity index (χ1n) is 6.40. The number of halogens is 2. The van der Waals surface area contributed by atoms with Crippen molar-refractivity contribution in [1.82, 2.24) is 9.97 Å². The molecule has 2 aromatic rings. The average Bonchev–Trinajstić information content (AvgIpc) is 2.40. The van der Waals surface area contributed by atoms with Gasteiger partial charge in [-0.05, 0) is 44.0 Å². The van der Waals surface area contributed by atoms with Crippen molar-refractivity contribution in [3.05, 3.63) is 44.3 Å². The van der Waals surface area contributed by atoms with E-state index in [2.05, 4.69) is 25.9 Å². The molecule has 0 spiro atoms. The van der Waals surface area contributed by atoms with Crippen LogP contribution in [0.2, 0.25) is 5.15 Å². The highest BCUT2D eigenvalue weighted by Gasteiger charge is 2.12. The third kappa shape index (κ3) is 3.13. The molecule has 2 rings (SSSR count). The third-order valence-corrected chi connectivity index (χ3v) is 4.65. The topological polar surface area (TPSA) is 35.0 Å². The summed E-state index contributed by atoms with van der Waals surface area (Å²) >= 11 is 9.66. The summed E-state index contributed by atoms with van der Waals surface area (Å²) in [5, 5.41) is 0.442. The van der Waals surface area contributed by atoms with Crippen LogP contribution in [-0.2, 0) is 6.42 Å². The zero-order valence-corrected chi connectivity index (χ0v) is 14.3. The van der Waals surface area contributed by atoms with Gasteiger partial charge < -0.3 is 4.74 Å². The molecule has 1 aromatic heterocycles. The van der Waals surface area contributed by atoms with Crippen molar-refractivity contribution >= 4 is 27.5 Å². The Balaban J connectivity index is 2.42. The van der Waals surface area contributed by atoms with Gasteiger partial charge in [0.1, 0.15) is 16.7 Å². The summed E-state index contributed by atoms with van der Waals surface area (Å²) in [6, 6.07) is 3.94. The van der Waals surface area contributed by atoms with Crippen molar-refractivity contribution in [2.45, 2.75) is 34.1 Å². The Morgan fingerprint density at radius 3 is 2.30 bits per heavy atom. The lowest BCUT2D eigenvalue weighted by Crippen LogP contribution is -2.00. The van der Waals surface area contributed by atoms with Gasteiger partial charge in [-0.3, -0.25) is 0 Å². The van der Waals surface area contributed by atoms with Crippen LogP contribution in [0, 0.1) is 20.8 Å². The predicted molar refractivity (Wildman–Crippen MR) is 84.8 cm³/mol. The highest BCUT2D eigenvalue weighted by Crippen LogP contribution is 2.31. The van der Waals surface area contributed by atoms with Crippen molar-refractivity contribution < 1.29 is 4.74 Å². The molecule has 0 saturated carbocycles. The van der Waals surface area contributed by atoms with Gasteiger partial charge in [0.2, 0.25) is 5.88 Å². The van der Waals surface area contributed by atoms with Gasteiger partial charge in [-0.25, -0.2) is 4.98 Å². The average molecular weight is 356 g/mol. The Morgan fingerprint density at radius 1 is 1.15 bits per heavy atom. The first-order valence-corrected chi connectivity index (χ1v) is 7.57. The van der Waals surface area contributed by atoms with Crippen LogP contribution in [0.15, 0.2) is 16.6 Å². The Morgan fingerprint density at radius 2 is 1.75 bits per heavy atom. The van der Waals surface area contributed by atoms with Gasteiger partial charge in [-0.15, -0.1) is 0 Å². The van der Waals surface area contributed by atoms with Gasteiger partial charge in [0.25, 0.3) is 0 Å². The largest absolute Gasteiger partial charge is 0.439 e. The molecule has 3 nitrogen and oxygen atoms in total. The van der Waals surface area contributed by atoms with Gasteiger partial charge in [-0.2, -0.15) is 4.98 Å². The van der Waals surface area contributed by atoms with E-state index < -0.39 is 0 Å². The van der Waals surface area contributed by atoms with Crippen LogP contribution in [0.1, 0.15) is 29.4 Å². The van der Waals surface area contributed by atoms with Crippen molar-refractivity contribution in [2.75, 3.05) is 0 Å². The summed E-state index contributed by atoms with van der Waals surface area (Å²) in [6.45, 7) is 7.90. The molecule has 0 aliphatic carbocycles. The van der Waals surface area contributed by atoms with Crippen LogP contribution in [0.25, 0.3) is 0 Å². The molecule has 0 fully saturated rings. The number of ether oxygens (including phenoxy) is 1. The van der Waals surface area contributed by atoms with E-state index >= 15 is 0 Å². The Kier molecular flexibility index (Phi) is 4.66. The van der Waals surface area contributed by atoms with Crippen molar-refractivity contribution in [1.29, 1.82) is 0 Å². The minimum atomic E-state index is 0.442. The van der Waals surface area contributed by atoms with E-state index in [0.29, 0.717) is 16.9 Å². The fourth-order valence-electron chi connectivity index (χ4n) is 1.85. The number of aryl methyl sites for hydroxylation is 3. The maximum absolute atomic E-state index is 6.11. The van der Waals surface area contributed by atoms with E-state index in [1.54, 1.807) is 0 Å². The first kappa shape index (κ1) is 15.3. The SMILES string of the molecule is CCc1nc(Cl)c(C)c(Oc2cc(C)c(Br)c(C)c2)n1. The van der Waals surface area contributed by atoms with Crippen LogP contribution in [0.3, 0.4) is 0 Å². The van der Waals surface area contributed by atoms with E-state index in [1.165, 1.54) is 0 Å². The van der Waals surface area contributed by atoms with Crippen LogP contribution in [0.4, 0.5) is 0 Å². The number of rotatable bonds is 3. The molecule has 0 N–H and O–H groups in total. The minimum Gasteiger partial charge on any atom is -0.439 e. The fraction of sp³-hybridized carbons (Fsp3) is 0.333. The van der Waals surface area contributed by atoms with Gasteiger partial charge >= 0.3 is 0 Å². The Bertz CT molecular complexity index is 636. The molecule has 0 radical (unpaired) electrons. The molecule has 1 heterocycles. The molecule has 0 amide bonds. The molecule has 1 aromatic carbocycles. The molecule has 0 bridgehead atoms. The molecule has 106 valence electrons. The van der Waals surface area contributed by atoms with E-state index in [1.807, 2.05) is 39.8 Å². The first-order chi connectivity index (χ1) is 9.42. The maximum atomic E-state index is 6.11.